The molecule has 0 aromatic rings. The quantitative estimate of drug-likeness (QED) is 0.660. The molecule has 2 amide bonds. The Morgan fingerprint density at radius 3 is 2.93 bits per heavy atom. The third kappa shape index (κ3) is 2.58. The van der Waals surface area contributed by atoms with Crippen molar-refractivity contribution in [3.05, 3.63) is 12.2 Å². The van der Waals surface area contributed by atoms with Crippen molar-refractivity contribution in [1.82, 2.24) is 10.2 Å². The van der Waals surface area contributed by atoms with Crippen LogP contribution in [0.4, 0.5) is 0 Å². The summed E-state index contributed by atoms with van der Waals surface area (Å²) in [5, 5.41) is 2.60. The van der Waals surface area contributed by atoms with Crippen LogP contribution in [0.15, 0.2) is 12.2 Å². The molecule has 0 spiro atoms. The molecular formula is C10H16N2O2. The molecule has 0 aromatic heterocycles. The zero-order chi connectivity index (χ0) is 10.6. The van der Waals surface area contributed by atoms with Gasteiger partial charge in [-0.2, -0.15) is 0 Å². The first-order valence-corrected chi connectivity index (χ1v) is 4.84. The van der Waals surface area contributed by atoms with Gasteiger partial charge in [-0.15, -0.1) is 0 Å². The summed E-state index contributed by atoms with van der Waals surface area (Å²) in [5.41, 5.74) is 0. The molecular weight excluding hydrogens is 180 g/mol. The average Bonchev–Trinajstić information content (AvgIpc) is 2.13. The van der Waals surface area contributed by atoms with Gasteiger partial charge in [0, 0.05) is 6.54 Å². The highest BCUT2D eigenvalue weighted by Crippen LogP contribution is 2.03. The standard InChI is InChI=1S/C10H16N2O2/c1-3-4-5-6-12-7-9(13)11-8(2)10(12)14/h3-4,8H,5-7H2,1-2H3,(H,11,13)/b4-3+. The highest BCUT2D eigenvalue weighted by atomic mass is 16.2. The summed E-state index contributed by atoms with van der Waals surface area (Å²) in [6.45, 7) is 4.47. The number of piperazine rings is 1. The fraction of sp³-hybridized carbons (Fsp3) is 0.600. The van der Waals surface area contributed by atoms with Gasteiger partial charge in [0.2, 0.25) is 11.8 Å². The Balaban J connectivity index is 2.49. The predicted octanol–water partition coefficient (Wildman–Crippen LogP) is 0.299. The van der Waals surface area contributed by atoms with Crippen LogP contribution in [0.3, 0.4) is 0 Å². The maximum absolute atomic E-state index is 11.6. The van der Waals surface area contributed by atoms with Gasteiger partial charge in [-0.3, -0.25) is 9.59 Å². The summed E-state index contributed by atoms with van der Waals surface area (Å²) in [4.78, 5) is 24.3. The number of nitrogens with one attached hydrogen (secondary N) is 1. The molecule has 1 unspecified atom stereocenters. The largest absolute Gasteiger partial charge is 0.343 e. The van der Waals surface area contributed by atoms with E-state index >= 15 is 0 Å². The fourth-order valence-corrected chi connectivity index (χ4v) is 1.46. The van der Waals surface area contributed by atoms with Gasteiger partial charge in [0.15, 0.2) is 0 Å². The molecule has 1 aliphatic heterocycles. The van der Waals surface area contributed by atoms with Crippen LogP contribution in [0.5, 0.6) is 0 Å². The van der Waals surface area contributed by atoms with Crippen molar-refractivity contribution < 1.29 is 9.59 Å². The molecule has 4 heteroatoms. The predicted molar refractivity (Wildman–Crippen MR) is 53.6 cm³/mol. The number of allylic oxidation sites excluding steroid dienone is 1. The van der Waals surface area contributed by atoms with E-state index in [-0.39, 0.29) is 24.4 Å². The van der Waals surface area contributed by atoms with E-state index < -0.39 is 0 Å². The summed E-state index contributed by atoms with van der Waals surface area (Å²) in [5.74, 6) is -0.0633. The molecule has 0 aromatic carbocycles. The minimum atomic E-state index is -0.373. The minimum absolute atomic E-state index is 0.00843. The first-order chi connectivity index (χ1) is 6.65. The first kappa shape index (κ1) is 10.8. The van der Waals surface area contributed by atoms with Crippen LogP contribution in [-0.2, 0) is 9.59 Å². The van der Waals surface area contributed by atoms with Crippen molar-refractivity contribution in [3.63, 3.8) is 0 Å². The maximum Gasteiger partial charge on any atom is 0.245 e. The molecule has 1 N–H and O–H groups in total. The molecule has 4 nitrogen and oxygen atoms in total. The van der Waals surface area contributed by atoms with Gasteiger partial charge in [0.05, 0.1) is 6.54 Å². The van der Waals surface area contributed by atoms with Crippen molar-refractivity contribution in [3.8, 4) is 0 Å². The molecule has 1 atom stereocenters. The molecule has 1 rings (SSSR count). The second-order valence-corrected chi connectivity index (χ2v) is 3.41. The summed E-state index contributed by atoms with van der Waals surface area (Å²) in [6, 6.07) is -0.373. The second kappa shape index (κ2) is 4.79. The molecule has 1 heterocycles. The summed E-state index contributed by atoms with van der Waals surface area (Å²) < 4.78 is 0. The molecule has 0 saturated carbocycles. The number of nitrogens with zero attached hydrogens (tertiary/aromatic N) is 1. The highest BCUT2D eigenvalue weighted by Gasteiger charge is 2.28. The van der Waals surface area contributed by atoms with E-state index in [4.69, 9.17) is 0 Å². The van der Waals surface area contributed by atoms with Gasteiger partial charge in [-0.25, -0.2) is 0 Å². The van der Waals surface area contributed by atoms with E-state index in [2.05, 4.69) is 5.32 Å². The SMILES string of the molecule is C/C=C/CCN1CC(=O)NC(C)C1=O. The average molecular weight is 196 g/mol. The molecule has 0 aliphatic carbocycles. The van der Waals surface area contributed by atoms with Gasteiger partial charge in [0.1, 0.15) is 6.04 Å². The highest BCUT2D eigenvalue weighted by molar-refractivity contribution is 5.94. The molecule has 1 aliphatic rings. The van der Waals surface area contributed by atoms with Gasteiger partial charge in [-0.1, -0.05) is 12.2 Å². The molecule has 78 valence electrons. The Morgan fingerprint density at radius 1 is 1.57 bits per heavy atom. The van der Waals surface area contributed by atoms with Gasteiger partial charge in [0.25, 0.3) is 0 Å². The number of hydrogen-bond donors (Lipinski definition) is 1. The maximum atomic E-state index is 11.6. The topological polar surface area (TPSA) is 49.4 Å². The third-order valence-electron chi connectivity index (χ3n) is 2.20. The van der Waals surface area contributed by atoms with Gasteiger partial charge >= 0.3 is 0 Å². The lowest BCUT2D eigenvalue weighted by molar-refractivity contribution is -0.143. The zero-order valence-corrected chi connectivity index (χ0v) is 8.62. The van der Waals surface area contributed by atoms with E-state index in [1.165, 1.54) is 0 Å². The third-order valence-corrected chi connectivity index (χ3v) is 2.20. The lowest BCUT2D eigenvalue weighted by Gasteiger charge is -2.30. The number of carbonyl (C=O) groups excluding carboxylic acids is 2. The number of hydrogen-bond acceptors (Lipinski definition) is 2. The van der Waals surface area contributed by atoms with E-state index in [1.54, 1.807) is 11.8 Å². The van der Waals surface area contributed by atoms with Crippen molar-refractivity contribution in [2.75, 3.05) is 13.1 Å². The summed E-state index contributed by atoms with van der Waals surface area (Å²) >= 11 is 0. The van der Waals surface area contributed by atoms with Crippen molar-refractivity contribution in [2.24, 2.45) is 0 Å². The Kier molecular flexibility index (Phi) is 3.68. The van der Waals surface area contributed by atoms with Crippen LogP contribution < -0.4 is 5.32 Å². The van der Waals surface area contributed by atoms with Crippen LogP contribution in [0.2, 0.25) is 0 Å². The molecule has 1 fully saturated rings. The Hall–Kier alpha value is -1.32. The molecule has 14 heavy (non-hydrogen) atoms. The number of carbonyl (C=O) groups is 2. The van der Waals surface area contributed by atoms with Gasteiger partial charge in [-0.05, 0) is 20.3 Å². The van der Waals surface area contributed by atoms with Crippen LogP contribution >= 0.6 is 0 Å². The number of amides is 2. The van der Waals surface area contributed by atoms with Crippen LogP contribution in [0.25, 0.3) is 0 Å². The molecule has 1 saturated heterocycles. The molecule has 0 bridgehead atoms. The Bertz CT molecular complexity index is 261. The Morgan fingerprint density at radius 2 is 2.29 bits per heavy atom. The number of rotatable bonds is 3. The van der Waals surface area contributed by atoms with Gasteiger partial charge < -0.3 is 10.2 Å². The van der Waals surface area contributed by atoms with Crippen LogP contribution in [-0.4, -0.2) is 35.8 Å². The zero-order valence-electron chi connectivity index (χ0n) is 8.62. The van der Waals surface area contributed by atoms with Crippen molar-refractivity contribution >= 4 is 11.8 Å². The first-order valence-electron chi connectivity index (χ1n) is 4.84. The second-order valence-electron chi connectivity index (χ2n) is 3.41. The monoisotopic (exact) mass is 196 g/mol. The minimum Gasteiger partial charge on any atom is -0.343 e. The molecule has 0 radical (unpaired) electrons. The van der Waals surface area contributed by atoms with Crippen LogP contribution in [0, 0.1) is 0 Å². The normalized spacial score (nSPS) is 23.0. The van der Waals surface area contributed by atoms with E-state index in [0.29, 0.717) is 6.54 Å². The lowest BCUT2D eigenvalue weighted by atomic mass is 10.2. The van der Waals surface area contributed by atoms with Crippen LogP contribution in [0.1, 0.15) is 20.3 Å². The van der Waals surface area contributed by atoms with Crippen molar-refractivity contribution in [2.45, 2.75) is 26.3 Å². The van der Waals surface area contributed by atoms with Crippen molar-refractivity contribution in [1.29, 1.82) is 0 Å². The fourth-order valence-electron chi connectivity index (χ4n) is 1.46. The summed E-state index contributed by atoms with van der Waals surface area (Å²) in [7, 11) is 0. The Labute approximate surface area is 84.0 Å². The van der Waals surface area contributed by atoms with E-state index in [1.807, 2.05) is 19.1 Å². The smallest absolute Gasteiger partial charge is 0.245 e. The van der Waals surface area contributed by atoms with E-state index in [9.17, 15) is 9.59 Å². The lowest BCUT2D eigenvalue weighted by Crippen LogP contribution is -2.56. The van der Waals surface area contributed by atoms with E-state index in [0.717, 1.165) is 6.42 Å². The summed E-state index contributed by atoms with van der Waals surface area (Å²) in [6.07, 6.45) is 4.74.